The van der Waals surface area contributed by atoms with Crippen molar-refractivity contribution in [1.82, 2.24) is 5.32 Å². The summed E-state index contributed by atoms with van der Waals surface area (Å²) < 4.78 is 5.93. The Morgan fingerprint density at radius 3 is 2.44 bits per heavy atom. The summed E-state index contributed by atoms with van der Waals surface area (Å²) >= 11 is 12.3. The first-order chi connectivity index (χ1) is 16.3. The lowest BCUT2D eigenvalue weighted by molar-refractivity contribution is -0.122. The number of benzene rings is 2. The highest BCUT2D eigenvalue weighted by Crippen LogP contribution is 2.29. The van der Waals surface area contributed by atoms with Gasteiger partial charge in [-0.2, -0.15) is 0 Å². The number of amides is 4. The maximum atomic E-state index is 13.2. The van der Waals surface area contributed by atoms with Crippen LogP contribution in [-0.4, -0.2) is 24.5 Å². The molecule has 0 atom stereocenters. The van der Waals surface area contributed by atoms with Crippen molar-refractivity contribution in [1.29, 1.82) is 0 Å². The highest BCUT2D eigenvalue weighted by Gasteiger charge is 2.37. The van der Waals surface area contributed by atoms with E-state index in [4.69, 9.17) is 27.9 Å². The lowest BCUT2D eigenvalue weighted by atomic mass is 10.1. The third-order valence-electron chi connectivity index (χ3n) is 5.54. The smallest absolute Gasteiger partial charge is 0.335 e. The Labute approximate surface area is 209 Å². The number of urea groups is 1. The van der Waals surface area contributed by atoms with Gasteiger partial charge in [0, 0.05) is 15.6 Å². The fourth-order valence-corrected chi connectivity index (χ4v) is 3.95. The zero-order valence-corrected chi connectivity index (χ0v) is 20.8. The molecule has 1 saturated heterocycles. The second kappa shape index (κ2) is 12.0. The van der Waals surface area contributed by atoms with E-state index in [-0.39, 0.29) is 11.3 Å². The molecule has 0 aromatic heterocycles. The number of anilines is 1. The van der Waals surface area contributed by atoms with Crippen molar-refractivity contribution < 1.29 is 19.1 Å². The summed E-state index contributed by atoms with van der Waals surface area (Å²) in [6, 6.07) is 8.99. The Kier molecular flexibility index (Phi) is 9.13. The zero-order valence-electron chi connectivity index (χ0n) is 19.3. The second-order valence-corrected chi connectivity index (χ2v) is 9.03. The monoisotopic (exact) mass is 502 g/mol. The van der Waals surface area contributed by atoms with Gasteiger partial charge in [-0.1, -0.05) is 68.3 Å². The molecule has 1 N–H and O–H groups in total. The van der Waals surface area contributed by atoms with E-state index in [0.717, 1.165) is 29.7 Å². The van der Waals surface area contributed by atoms with Gasteiger partial charge in [-0.25, -0.2) is 9.69 Å². The molecule has 6 nitrogen and oxygen atoms in total. The standard InChI is InChI=1S/C26H28Cl2N2O4/c1-3-4-5-6-7-8-13-34-23-12-10-19(27)14-18(23)15-21-24(31)29-26(33)30(25(21)32)20-11-9-17(2)22(28)16-20/h9-12,14-16H,3-8,13H2,1-2H3,(H,29,31,33)/b21-15+. The van der Waals surface area contributed by atoms with Crippen LogP contribution in [0.5, 0.6) is 5.75 Å². The maximum Gasteiger partial charge on any atom is 0.335 e. The van der Waals surface area contributed by atoms with Crippen molar-refractivity contribution in [3.8, 4) is 5.75 Å². The van der Waals surface area contributed by atoms with Crippen molar-refractivity contribution in [2.75, 3.05) is 11.5 Å². The largest absolute Gasteiger partial charge is 0.493 e. The molecule has 0 saturated carbocycles. The van der Waals surface area contributed by atoms with Crippen LogP contribution in [0.25, 0.3) is 6.08 Å². The SMILES string of the molecule is CCCCCCCCOc1ccc(Cl)cc1/C=C1\C(=O)NC(=O)N(c2ccc(C)c(Cl)c2)C1=O. The molecule has 34 heavy (non-hydrogen) atoms. The number of aryl methyl sites for hydroxylation is 1. The number of hydrogen-bond donors (Lipinski definition) is 1. The summed E-state index contributed by atoms with van der Waals surface area (Å²) in [4.78, 5) is 39.1. The fraction of sp³-hybridized carbons (Fsp3) is 0.346. The quantitative estimate of drug-likeness (QED) is 0.222. The van der Waals surface area contributed by atoms with Crippen LogP contribution in [0.3, 0.4) is 0 Å². The van der Waals surface area contributed by atoms with Gasteiger partial charge in [0.25, 0.3) is 11.8 Å². The zero-order chi connectivity index (χ0) is 24.7. The molecule has 8 heteroatoms. The summed E-state index contributed by atoms with van der Waals surface area (Å²) in [6.07, 6.45) is 8.18. The van der Waals surface area contributed by atoms with Gasteiger partial charge < -0.3 is 4.74 Å². The van der Waals surface area contributed by atoms with Gasteiger partial charge in [0.05, 0.1) is 12.3 Å². The van der Waals surface area contributed by atoms with E-state index in [9.17, 15) is 14.4 Å². The van der Waals surface area contributed by atoms with Gasteiger partial charge in [-0.3, -0.25) is 14.9 Å². The number of unbranched alkanes of at least 4 members (excludes halogenated alkanes) is 5. The summed E-state index contributed by atoms with van der Waals surface area (Å²) in [5.41, 5.74) is 1.34. The first-order valence-electron chi connectivity index (χ1n) is 11.4. The Morgan fingerprint density at radius 2 is 1.71 bits per heavy atom. The van der Waals surface area contributed by atoms with Gasteiger partial charge in [0.2, 0.25) is 0 Å². The van der Waals surface area contributed by atoms with Crippen molar-refractivity contribution in [2.24, 2.45) is 0 Å². The normalized spacial score (nSPS) is 15.1. The van der Waals surface area contributed by atoms with Crippen molar-refractivity contribution in [3.63, 3.8) is 0 Å². The van der Waals surface area contributed by atoms with Crippen LogP contribution in [-0.2, 0) is 9.59 Å². The molecule has 2 aromatic rings. The number of carbonyl (C=O) groups excluding carboxylic acids is 3. The predicted molar refractivity (Wildman–Crippen MR) is 136 cm³/mol. The molecule has 2 aromatic carbocycles. The molecule has 1 heterocycles. The third kappa shape index (κ3) is 6.39. The number of nitrogens with zero attached hydrogens (tertiary/aromatic N) is 1. The Balaban J connectivity index is 1.82. The summed E-state index contributed by atoms with van der Waals surface area (Å²) in [6.45, 7) is 4.50. The molecule has 3 rings (SSSR count). The average molecular weight is 503 g/mol. The Morgan fingerprint density at radius 1 is 0.971 bits per heavy atom. The number of rotatable bonds is 10. The lowest BCUT2D eigenvalue weighted by Gasteiger charge is -2.26. The van der Waals surface area contributed by atoms with Gasteiger partial charge in [-0.15, -0.1) is 0 Å². The molecule has 4 amide bonds. The first kappa shape index (κ1) is 25.8. The summed E-state index contributed by atoms with van der Waals surface area (Å²) in [7, 11) is 0. The van der Waals surface area contributed by atoms with Gasteiger partial charge >= 0.3 is 6.03 Å². The highest BCUT2D eigenvalue weighted by atomic mass is 35.5. The van der Waals surface area contributed by atoms with E-state index in [2.05, 4.69) is 12.2 Å². The maximum absolute atomic E-state index is 13.2. The van der Waals surface area contributed by atoms with Gasteiger partial charge in [0.1, 0.15) is 11.3 Å². The summed E-state index contributed by atoms with van der Waals surface area (Å²) in [5, 5.41) is 3.05. The molecule has 1 aliphatic rings. The number of imide groups is 2. The van der Waals surface area contributed by atoms with Crippen LogP contribution in [0.2, 0.25) is 10.0 Å². The second-order valence-electron chi connectivity index (χ2n) is 8.19. The number of carbonyl (C=O) groups is 3. The van der Waals surface area contributed by atoms with E-state index in [0.29, 0.717) is 28.0 Å². The third-order valence-corrected chi connectivity index (χ3v) is 6.18. The predicted octanol–water partition coefficient (Wildman–Crippen LogP) is 6.71. The number of nitrogens with one attached hydrogen (secondary N) is 1. The number of halogens is 2. The summed E-state index contributed by atoms with van der Waals surface area (Å²) in [5.74, 6) is -1.03. The molecule has 0 unspecified atom stereocenters. The van der Waals surface area contributed by atoms with Crippen molar-refractivity contribution in [3.05, 3.63) is 63.1 Å². The van der Waals surface area contributed by atoms with Gasteiger partial charge in [-0.05, 0) is 55.3 Å². The van der Waals surface area contributed by atoms with E-state index < -0.39 is 17.8 Å². The fourth-order valence-electron chi connectivity index (χ4n) is 3.60. The van der Waals surface area contributed by atoms with Crippen LogP contribution in [0.15, 0.2) is 42.0 Å². The minimum Gasteiger partial charge on any atom is -0.493 e. The molecule has 1 fully saturated rings. The van der Waals surface area contributed by atoms with E-state index in [1.165, 1.54) is 31.4 Å². The molecule has 0 radical (unpaired) electrons. The number of ether oxygens (including phenoxy) is 1. The van der Waals surface area contributed by atoms with E-state index >= 15 is 0 Å². The molecular weight excluding hydrogens is 475 g/mol. The van der Waals surface area contributed by atoms with Crippen LogP contribution in [0.1, 0.15) is 56.6 Å². The van der Waals surface area contributed by atoms with Crippen molar-refractivity contribution in [2.45, 2.75) is 52.4 Å². The molecule has 0 spiro atoms. The topological polar surface area (TPSA) is 75.7 Å². The van der Waals surface area contributed by atoms with E-state index in [1.807, 2.05) is 6.92 Å². The molecule has 1 aliphatic heterocycles. The minimum absolute atomic E-state index is 0.206. The van der Waals surface area contributed by atoms with Crippen LogP contribution < -0.4 is 15.0 Å². The van der Waals surface area contributed by atoms with Crippen molar-refractivity contribution >= 4 is 52.8 Å². The minimum atomic E-state index is -0.835. The molecular formula is C26H28Cl2N2O4. The molecule has 0 bridgehead atoms. The Hall–Kier alpha value is -2.83. The Bertz CT molecular complexity index is 1110. The average Bonchev–Trinajstić information content (AvgIpc) is 2.79. The van der Waals surface area contributed by atoms with E-state index in [1.54, 1.807) is 30.3 Å². The van der Waals surface area contributed by atoms with Gasteiger partial charge in [0.15, 0.2) is 0 Å². The number of hydrogen-bond acceptors (Lipinski definition) is 4. The van der Waals surface area contributed by atoms with Crippen LogP contribution >= 0.6 is 23.2 Å². The number of barbiturate groups is 1. The highest BCUT2D eigenvalue weighted by molar-refractivity contribution is 6.39. The van der Waals surface area contributed by atoms with Crippen LogP contribution in [0, 0.1) is 6.92 Å². The molecule has 180 valence electrons. The van der Waals surface area contributed by atoms with Crippen LogP contribution in [0.4, 0.5) is 10.5 Å². The molecule has 0 aliphatic carbocycles. The first-order valence-corrected chi connectivity index (χ1v) is 12.2. The lowest BCUT2D eigenvalue weighted by Crippen LogP contribution is -2.54.